The van der Waals surface area contributed by atoms with Gasteiger partial charge in [0.15, 0.2) is 5.78 Å². The minimum Gasteiger partial charge on any atom is -0.493 e. The molecule has 0 heterocycles. The molecule has 0 aliphatic rings. The van der Waals surface area contributed by atoms with Gasteiger partial charge in [-0.2, -0.15) is 13.2 Å². The maximum Gasteiger partial charge on any atom is 0.573 e. The summed E-state index contributed by atoms with van der Waals surface area (Å²) < 4.78 is 80.9. The van der Waals surface area contributed by atoms with Crippen LogP contribution in [0.15, 0.2) is 18.2 Å². The number of Topliss-reactive ketones (excluding diaryl/α,β-unsaturated/α-hetero) is 1. The molecule has 3 nitrogen and oxygen atoms in total. The van der Waals surface area contributed by atoms with E-state index in [0.29, 0.717) is 0 Å². The van der Waals surface area contributed by atoms with Crippen LogP contribution in [0, 0.1) is 0 Å². The molecule has 0 aromatic heterocycles. The van der Waals surface area contributed by atoms with E-state index in [9.17, 15) is 31.1 Å². The van der Waals surface area contributed by atoms with E-state index in [1.807, 2.05) is 0 Å². The molecule has 0 N–H and O–H groups in total. The largest absolute Gasteiger partial charge is 0.573 e. The lowest BCUT2D eigenvalue weighted by molar-refractivity contribution is -0.274. The molecule has 9 heteroatoms. The van der Waals surface area contributed by atoms with Gasteiger partial charge in [-0.1, -0.05) is 0 Å². The van der Waals surface area contributed by atoms with Gasteiger partial charge >= 0.3 is 12.5 Å². The fraction of sp³-hybridized carbons (Fsp3) is 0.462. The van der Waals surface area contributed by atoms with Crippen LogP contribution in [0.25, 0.3) is 0 Å². The average molecular weight is 330 g/mol. The molecule has 0 saturated heterocycles. The number of benzene rings is 1. The molecule has 0 amide bonds. The van der Waals surface area contributed by atoms with Gasteiger partial charge in [-0.3, -0.25) is 4.79 Å². The number of carbonyl (C=O) groups excluding carboxylic acids is 1. The Morgan fingerprint density at radius 3 is 2.27 bits per heavy atom. The number of rotatable bonds is 6. The summed E-state index contributed by atoms with van der Waals surface area (Å²) in [5.41, 5.74) is -0.200. The van der Waals surface area contributed by atoms with Crippen LogP contribution in [0.5, 0.6) is 11.5 Å². The summed E-state index contributed by atoms with van der Waals surface area (Å²) in [7, 11) is 0. The highest BCUT2D eigenvalue weighted by atomic mass is 19.4. The third kappa shape index (κ3) is 6.68. The summed E-state index contributed by atoms with van der Waals surface area (Å²) in [6.45, 7) is 0.772. The quantitative estimate of drug-likeness (QED) is 0.437. The van der Waals surface area contributed by atoms with Crippen LogP contribution >= 0.6 is 0 Å². The zero-order valence-corrected chi connectivity index (χ0v) is 11.3. The maximum atomic E-state index is 12.1. The zero-order chi connectivity index (χ0) is 17.0. The third-order valence-corrected chi connectivity index (χ3v) is 2.43. The molecule has 124 valence electrons. The van der Waals surface area contributed by atoms with Gasteiger partial charge in [-0.25, -0.2) is 0 Å². The van der Waals surface area contributed by atoms with Crippen LogP contribution in [0.1, 0.15) is 30.1 Å². The van der Waals surface area contributed by atoms with E-state index in [0.717, 1.165) is 25.1 Å². The predicted molar refractivity (Wildman–Crippen MR) is 63.9 cm³/mol. The number of ether oxygens (including phenoxy) is 2. The summed E-state index contributed by atoms with van der Waals surface area (Å²) >= 11 is 0. The first kappa shape index (κ1) is 18.1. The Morgan fingerprint density at radius 2 is 1.77 bits per heavy atom. The molecule has 0 saturated carbocycles. The van der Waals surface area contributed by atoms with E-state index in [1.54, 1.807) is 0 Å². The molecular weight excluding hydrogens is 318 g/mol. The second-order valence-electron chi connectivity index (χ2n) is 4.33. The van der Waals surface area contributed by atoms with Crippen molar-refractivity contribution in [2.45, 2.75) is 32.3 Å². The highest BCUT2D eigenvalue weighted by molar-refractivity contribution is 5.97. The smallest absolute Gasteiger partial charge is 0.493 e. The van der Waals surface area contributed by atoms with Gasteiger partial charge in [0.2, 0.25) is 0 Å². The number of hydrogen-bond donors (Lipinski definition) is 0. The molecule has 0 atom stereocenters. The van der Waals surface area contributed by atoms with Crippen LogP contribution in [0.2, 0.25) is 0 Å². The van der Waals surface area contributed by atoms with Gasteiger partial charge in [-0.05, 0) is 31.5 Å². The van der Waals surface area contributed by atoms with Gasteiger partial charge in [0.05, 0.1) is 12.2 Å². The Labute approximate surface area is 121 Å². The molecule has 0 aliphatic heterocycles. The van der Waals surface area contributed by atoms with E-state index in [-0.39, 0.29) is 24.3 Å². The molecule has 1 aromatic rings. The summed E-state index contributed by atoms with van der Waals surface area (Å²) in [5, 5.41) is 0. The number of hydrogen-bond acceptors (Lipinski definition) is 3. The number of ketones is 1. The molecule has 0 unspecified atom stereocenters. The van der Waals surface area contributed by atoms with Crippen LogP contribution in [-0.4, -0.2) is 24.9 Å². The molecule has 0 bridgehead atoms. The van der Waals surface area contributed by atoms with Gasteiger partial charge in [0, 0.05) is 6.42 Å². The first-order valence-electron chi connectivity index (χ1n) is 6.08. The van der Waals surface area contributed by atoms with E-state index >= 15 is 0 Å². The van der Waals surface area contributed by atoms with Gasteiger partial charge in [-0.15, -0.1) is 13.2 Å². The highest BCUT2D eigenvalue weighted by Gasteiger charge is 2.31. The summed E-state index contributed by atoms with van der Waals surface area (Å²) in [5.74, 6) is -1.30. The van der Waals surface area contributed by atoms with Gasteiger partial charge in [0.1, 0.15) is 11.5 Å². The molecule has 1 rings (SSSR count). The number of alkyl halides is 6. The van der Waals surface area contributed by atoms with E-state index in [4.69, 9.17) is 4.74 Å². The van der Waals surface area contributed by atoms with Gasteiger partial charge < -0.3 is 9.47 Å². The lowest BCUT2D eigenvalue weighted by Gasteiger charge is -2.13. The van der Waals surface area contributed by atoms with Crippen LogP contribution < -0.4 is 9.47 Å². The Morgan fingerprint density at radius 1 is 1.14 bits per heavy atom. The van der Waals surface area contributed by atoms with Crippen molar-refractivity contribution in [3.63, 3.8) is 0 Å². The fourth-order valence-electron chi connectivity index (χ4n) is 1.56. The Kier molecular flexibility index (Phi) is 5.67. The van der Waals surface area contributed by atoms with E-state index in [1.165, 1.54) is 0 Å². The Balaban J connectivity index is 2.76. The van der Waals surface area contributed by atoms with Crippen molar-refractivity contribution < 1.29 is 40.6 Å². The van der Waals surface area contributed by atoms with Crippen molar-refractivity contribution in [3.8, 4) is 11.5 Å². The molecular formula is C13H12F6O3. The lowest BCUT2D eigenvalue weighted by Crippen LogP contribution is -2.17. The van der Waals surface area contributed by atoms with Crippen molar-refractivity contribution in [1.29, 1.82) is 0 Å². The minimum atomic E-state index is -4.91. The molecule has 0 radical (unpaired) electrons. The average Bonchev–Trinajstić information content (AvgIpc) is 2.32. The van der Waals surface area contributed by atoms with E-state index in [2.05, 4.69) is 4.74 Å². The molecule has 0 spiro atoms. The topological polar surface area (TPSA) is 35.5 Å². The summed E-state index contributed by atoms with van der Waals surface area (Å²) in [6.07, 6.45) is -10.6. The van der Waals surface area contributed by atoms with Crippen molar-refractivity contribution >= 4 is 5.78 Å². The van der Waals surface area contributed by atoms with E-state index < -0.39 is 30.5 Å². The van der Waals surface area contributed by atoms with Crippen LogP contribution in [-0.2, 0) is 0 Å². The van der Waals surface area contributed by atoms with Crippen molar-refractivity contribution in [3.05, 3.63) is 23.8 Å². The van der Waals surface area contributed by atoms with Crippen molar-refractivity contribution in [1.82, 2.24) is 0 Å². The Hall–Kier alpha value is -1.93. The lowest BCUT2D eigenvalue weighted by atomic mass is 10.1. The van der Waals surface area contributed by atoms with Crippen molar-refractivity contribution in [2.75, 3.05) is 6.61 Å². The first-order chi connectivity index (χ1) is 9.98. The molecule has 22 heavy (non-hydrogen) atoms. The SMILES string of the molecule is CC(=O)c1cc(OC(F)(F)F)ccc1OCCCC(F)(F)F. The summed E-state index contributed by atoms with van der Waals surface area (Å²) in [6, 6.07) is 2.79. The van der Waals surface area contributed by atoms with Crippen LogP contribution in [0.3, 0.4) is 0 Å². The minimum absolute atomic E-state index is 0.0933. The predicted octanol–water partition coefficient (Wildman–Crippen LogP) is 4.51. The highest BCUT2D eigenvalue weighted by Crippen LogP contribution is 2.29. The first-order valence-corrected chi connectivity index (χ1v) is 6.08. The summed E-state index contributed by atoms with van der Waals surface area (Å²) in [4.78, 5) is 11.4. The second-order valence-corrected chi connectivity index (χ2v) is 4.33. The maximum absolute atomic E-state index is 12.1. The standard InChI is InChI=1S/C13H12F6O3/c1-8(20)10-7-9(22-13(17,18)19)3-4-11(10)21-6-2-5-12(14,15)16/h3-4,7H,2,5-6H2,1H3. The number of carbonyl (C=O) groups is 1. The number of halogens is 6. The fourth-order valence-corrected chi connectivity index (χ4v) is 1.56. The third-order valence-electron chi connectivity index (χ3n) is 2.43. The monoisotopic (exact) mass is 330 g/mol. The normalized spacial score (nSPS) is 12.1. The van der Waals surface area contributed by atoms with Crippen molar-refractivity contribution in [2.24, 2.45) is 0 Å². The second kappa shape index (κ2) is 6.89. The molecule has 0 fully saturated rings. The van der Waals surface area contributed by atoms with Crippen LogP contribution in [0.4, 0.5) is 26.3 Å². The zero-order valence-electron chi connectivity index (χ0n) is 11.3. The molecule has 0 aliphatic carbocycles. The van der Waals surface area contributed by atoms with Gasteiger partial charge in [0.25, 0.3) is 0 Å². The Bertz CT molecular complexity index is 521. The molecule has 1 aromatic carbocycles.